The summed E-state index contributed by atoms with van der Waals surface area (Å²) in [5.41, 5.74) is -2.30. The normalized spacial score (nSPS) is 10.3. The Morgan fingerprint density at radius 2 is 1.42 bits per heavy atom. The standard InChI is InChI=1S/C11H6N2O6/c14-9(15)4-3-5-8(13-2-1-12-5)7(11(18)19)6(4)10(16)17/h1-3H,(H,14,15)(H,16,17)(H,18,19). The Hall–Kier alpha value is -3.03. The van der Waals surface area contributed by atoms with Crippen LogP contribution in [-0.2, 0) is 0 Å². The van der Waals surface area contributed by atoms with Crippen LogP contribution < -0.4 is 0 Å². The number of aromatic nitrogens is 2. The number of rotatable bonds is 3. The third-order valence-corrected chi connectivity index (χ3v) is 2.42. The minimum absolute atomic E-state index is 0.00213. The van der Waals surface area contributed by atoms with E-state index < -0.39 is 34.6 Å². The Labute approximate surface area is 105 Å². The van der Waals surface area contributed by atoms with Crippen LogP contribution in [0.2, 0.25) is 0 Å². The Bertz CT molecular complexity index is 724. The van der Waals surface area contributed by atoms with Crippen molar-refractivity contribution in [1.29, 1.82) is 0 Å². The second-order valence-electron chi connectivity index (χ2n) is 3.51. The maximum atomic E-state index is 11.2. The highest BCUT2D eigenvalue weighted by atomic mass is 16.4. The number of carbonyl (C=O) groups is 3. The molecule has 0 aliphatic carbocycles. The summed E-state index contributed by atoms with van der Waals surface area (Å²) in [6.07, 6.45) is 2.45. The molecule has 1 heterocycles. The van der Waals surface area contributed by atoms with Gasteiger partial charge >= 0.3 is 17.9 Å². The van der Waals surface area contributed by atoms with Gasteiger partial charge in [-0.05, 0) is 6.07 Å². The van der Waals surface area contributed by atoms with E-state index in [0.29, 0.717) is 0 Å². The summed E-state index contributed by atoms with van der Waals surface area (Å²) in [7, 11) is 0. The van der Waals surface area contributed by atoms with E-state index in [1.165, 1.54) is 12.4 Å². The van der Waals surface area contributed by atoms with Crippen LogP contribution in [0.5, 0.6) is 0 Å². The number of hydrogen-bond acceptors (Lipinski definition) is 5. The van der Waals surface area contributed by atoms with Crippen molar-refractivity contribution in [2.45, 2.75) is 0 Å². The lowest BCUT2D eigenvalue weighted by molar-refractivity contribution is 0.0634. The smallest absolute Gasteiger partial charge is 0.338 e. The number of hydrogen-bond donors (Lipinski definition) is 3. The average Bonchev–Trinajstić information content (AvgIpc) is 2.35. The number of carboxylic acid groups (broad SMARTS) is 3. The molecule has 0 aliphatic rings. The van der Waals surface area contributed by atoms with Crippen LogP contribution in [0.15, 0.2) is 18.5 Å². The van der Waals surface area contributed by atoms with Crippen LogP contribution in [0.25, 0.3) is 11.0 Å². The third kappa shape index (κ3) is 1.95. The highest BCUT2D eigenvalue weighted by molar-refractivity contribution is 6.15. The van der Waals surface area contributed by atoms with E-state index in [1.54, 1.807) is 0 Å². The van der Waals surface area contributed by atoms with E-state index in [4.69, 9.17) is 15.3 Å². The highest BCUT2D eigenvalue weighted by Gasteiger charge is 2.27. The molecule has 0 aliphatic heterocycles. The van der Waals surface area contributed by atoms with Gasteiger partial charge in [0.05, 0.1) is 16.6 Å². The maximum absolute atomic E-state index is 11.2. The zero-order chi connectivity index (χ0) is 14.2. The maximum Gasteiger partial charge on any atom is 0.338 e. The quantitative estimate of drug-likeness (QED) is 0.735. The second kappa shape index (κ2) is 4.33. The molecule has 0 spiro atoms. The van der Waals surface area contributed by atoms with Crippen LogP contribution in [0, 0.1) is 0 Å². The van der Waals surface area contributed by atoms with Gasteiger partial charge in [0.15, 0.2) is 0 Å². The van der Waals surface area contributed by atoms with Crippen LogP contribution in [0.1, 0.15) is 31.1 Å². The monoisotopic (exact) mass is 262 g/mol. The topological polar surface area (TPSA) is 138 Å². The van der Waals surface area contributed by atoms with E-state index in [2.05, 4.69) is 9.97 Å². The van der Waals surface area contributed by atoms with Crippen molar-refractivity contribution >= 4 is 28.9 Å². The Kier molecular flexibility index (Phi) is 2.83. The first kappa shape index (κ1) is 12.4. The van der Waals surface area contributed by atoms with Crippen LogP contribution in [-0.4, -0.2) is 43.2 Å². The van der Waals surface area contributed by atoms with Crippen LogP contribution in [0.4, 0.5) is 0 Å². The number of fused-ring (bicyclic) bond motifs is 1. The molecule has 0 saturated carbocycles. The van der Waals surface area contributed by atoms with Gasteiger partial charge in [-0.3, -0.25) is 9.97 Å². The molecule has 8 nitrogen and oxygen atoms in total. The molecule has 19 heavy (non-hydrogen) atoms. The fraction of sp³-hybridized carbons (Fsp3) is 0. The zero-order valence-corrected chi connectivity index (χ0v) is 9.19. The summed E-state index contributed by atoms with van der Waals surface area (Å²) < 4.78 is 0. The van der Waals surface area contributed by atoms with Crippen molar-refractivity contribution in [2.24, 2.45) is 0 Å². The Morgan fingerprint density at radius 3 is 1.95 bits per heavy atom. The van der Waals surface area contributed by atoms with Crippen molar-refractivity contribution in [3.63, 3.8) is 0 Å². The molecule has 2 rings (SSSR count). The Morgan fingerprint density at radius 1 is 0.842 bits per heavy atom. The van der Waals surface area contributed by atoms with Crippen molar-refractivity contribution in [2.75, 3.05) is 0 Å². The lowest BCUT2D eigenvalue weighted by atomic mass is 9.98. The van der Waals surface area contributed by atoms with Crippen LogP contribution >= 0.6 is 0 Å². The van der Waals surface area contributed by atoms with Gasteiger partial charge in [0.2, 0.25) is 0 Å². The summed E-state index contributed by atoms with van der Waals surface area (Å²) in [6, 6.07) is 0.987. The van der Waals surface area contributed by atoms with Gasteiger partial charge in [0.25, 0.3) is 0 Å². The first-order valence-electron chi connectivity index (χ1n) is 4.91. The summed E-state index contributed by atoms with van der Waals surface area (Å²) in [4.78, 5) is 40.9. The molecule has 3 N–H and O–H groups in total. The van der Waals surface area contributed by atoms with Gasteiger partial charge in [-0.1, -0.05) is 0 Å². The molecule has 1 aromatic carbocycles. The molecule has 0 amide bonds. The van der Waals surface area contributed by atoms with Gasteiger partial charge in [-0.2, -0.15) is 0 Å². The van der Waals surface area contributed by atoms with E-state index in [9.17, 15) is 14.4 Å². The summed E-state index contributed by atoms with van der Waals surface area (Å²) >= 11 is 0. The van der Waals surface area contributed by atoms with Crippen molar-refractivity contribution in [1.82, 2.24) is 9.97 Å². The van der Waals surface area contributed by atoms with Gasteiger partial charge < -0.3 is 15.3 Å². The molecule has 0 saturated heterocycles. The molecule has 0 bridgehead atoms. The predicted molar refractivity (Wildman–Crippen MR) is 60.4 cm³/mol. The summed E-state index contributed by atoms with van der Waals surface area (Å²) in [5, 5.41) is 27.1. The lowest BCUT2D eigenvalue weighted by Gasteiger charge is -2.08. The molecule has 0 radical (unpaired) electrons. The molecule has 1 aromatic heterocycles. The number of aromatic carboxylic acids is 3. The van der Waals surface area contributed by atoms with Crippen LogP contribution in [0.3, 0.4) is 0 Å². The molecule has 0 atom stereocenters. The van der Waals surface area contributed by atoms with E-state index >= 15 is 0 Å². The second-order valence-corrected chi connectivity index (χ2v) is 3.51. The van der Waals surface area contributed by atoms with Gasteiger partial charge in [0, 0.05) is 12.4 Å². The fourth-order valence-electron chi connectivity index (χ4n) is 1.71. The lowest BCUT2D eigenvalue weighted by Crippen LogP contribution is -2.16. The fourth-order valence-corrected chi connectivity index (χ4v) is 1.71. The first-order chi connectivity index (χ1) is 8.93. The average molecular weight is 262 g/mol. The predicted octanol–water partition coefficient (Wildman–Crippen LogP) is 0.724. The van der Waals surface area contributed by atoms with E-state index in [1.807, 2.05) is 0 Å². The third-order valence-electron chi connectivity index (χ3n) is 2.42. The van der Waals surface area contributed by atoms with Crippen molar-refractivity contribution < 1.29 is 29.7 Å². The molecule has 96 valence electrons. The Balaban J connectivity index is 3.04. The number of nitrogens with zero attached hydrogens (tertiary/aromatic N) is 2. The van der Waals surface area contributed by atoms with E-state index in [0.717, 1.165) is 6.07 Å². The SMILES string of the molecule is O=C(O)c1cc2nccnc2c(C(=O)O)c1C(=O)O. The molecule has 8 heteroatoms. The minimum Gasteiger partial charge on any atom is -0.478 e. The molecule has 2 aromatic rings. The van der Waals surface area contributed by atoms with Gasteiger partial charge in [-0.25, -0.2) is 14.4 Å². The first-order valence-corrected chi connectivity index (χ1v) is 4.91. The highest BCUT2D eigenvalue weighted by Crippen LogP contribution is 2.23. The molecule has 0 unspecified atom stereocenters. The largest absolute Gasteiger partial charge is 0.478 e. The van der Waals surface area contributed by atoms with Crippen molar-refractivity contribution in [3.8, 4) is 0 Å². The molecular weight excluding hydrogens is 256 g/mol. The summed E-state index contributed by atoms with van der Waals surface area (Å²) in [6.45, 7) is 0. The zero-order valence-electron chi connectivity index (χ0n) is 9.19. The van der Waals surface area contributed by atoms with Gasteiger partial charge in [-0.15, -0.1) is 0 Å². The molecular formula is C11H6N2O6. The summed E-state index contributed by atoms with van der Waals surface area (Å²) in [5.74, 6) is -4.78. The van der Waals surface area contributed by atoms with E-state index in [-0.39, 0.29) is 11.0 Å². The number of carboxylic acids is 3. The molecule has 0 fully saturated rings. The van der Waals surface area contributed by atoms with Gasteiger partial charge in [0.1, 0.15) is 11.1 Å². The van der Waals surface area contributed by atoms with Crippen molar-refractivity contribution in [3.05, 3.63) is 35.2 Å². The number of benzene rings is 1. The minimum atomic E-state index is -1.65.